The highest BCUT2D eigenvalue weighted by atomic mass is 19.4. The van der Waals surface area contributed by atoms with Crippen molar-refractivity contribution in [2.45, 2.75) is 32.7 Å². The van der Waals surface area contributed by atoms with Gasteiger partial charge in [0.25, 0.3) is 0 Å². The summed E-state index contributed by atoms with van der Waals surface area (Å²) in [5.41, 5.74) is 2.63. The highest BCUT2D eigenvalue weighted by Gasteiger charge is 2.31. The van der Waals surface area contributed by atoms with E-state index in [-0.39, 0.29) is 24.1 Å². The van der Waals surface area contributed by atoms with E-state index in [1.54, 1.807) is 41.8 Å². The minimum Gasteiger partial charge on any atom is -0.425 e. The molecule has 7 nitrogen and oxygen atoms in total. The van der Waals surface area contributed by atoms with Gasteiger partial charge >= 0.3 is 12.4 Å². The third kappa shape index (κ3) is 6.79. The van der Waals surface area contributed by atoms with Crippen LogP contribution in [0, 0.1) is 12.7 Å². The maximum absolute atomic E-state index is 15.7. The first-order valence-corrected chi connectivity index (χ1v) is 13.4. The van der Waals surface area contributed by atoms with Crippen LogP contribution in [-0.4, -0.2) is 59.8 Å². The summed E-state index contributed by atoms with van der Waals surface area (Å²) in [6, 6.07) is 16.7. The Kier molecular flexibility index (Phi) is 8.44. The first kappa shape index (κ1) is 28.4. The van der Waals surface area contributed by atoms with Crippen LogP contribution < -0.4 is 14.4 Å². The lowest BCUT2D eigenvalue weighted by Gasteiger charge is -2.36. The summed E-state index contributed by atoms with van der Waals surface area (Å²) in [4.78, 5) is 19.6. The number of aromatic nitrogens is 2. The average molecular weight is 571 g/mol. The van der Waals surface area contributed by atoms with Gasteiger partial charge in [-0.1, -0.05) is 30.3 Å². The second-order valence-corrected chi connectivity index (χ2v) is 9.93. The normalized spacial score (nSPS) is 14.4. The molecule has 4 aromatic rings. The molecule has 1 fully saturated rings. The zero-order valence-electron chi connectivity index (χ0n) is 22.5. The number of hydrogen-bond donors (Lipinski definition) is 0. The Hall–Kier alpha value is -4.12. The lowest BCUT2D eigenvalue weighted by molar-refractivity contribution is -0.274. The number of benzene rings is 3. The number of nitrogens with zero attached hydrogens (tertiary/aromatic N) is 4. The number of para-hydroxylation sites is 1. The number of aryl methyl sites for hydroxylation is 1. The molecule has 41 heavy (non-hydrogen) atoms. The molecule has 0 atom stereocenters. The summed E-state index contributed by atoms with van der Waals surface area (Å²) < 4.78 is 65.6. The van der Waals surface area contributed by atoms with Crippen LogP contribution in [0.25, 0.3) is 11.0 Å². The molecule has 11 heteroatoms. The van der Waals surface area contributed by atoms with Crippen LogP contribution in [0.15, 0.2) is 60.7 Å². The number of rotatable bonds is 10. The van der Waals surface area contributed by atoms with Gasteiger partial charge in [0, 0.05) is 38.2 Å². The van der Waals surface area contributed by atoms with Crippen molar-refractivity contribution >= 4 is 23.0 Å². The number of aldehydes is 1. The molecule has 2 heterocycles. The number of ether oxygens (including phenoxy) is 2. The maximum atomic E-state index is 15.7. The van der Waals surface area contributed by atoms with Gasteiger partial charge < -0.3 is 19.2 Å². The number of hydrogen-bond acceptors (Lipinski definition) is 6. The third-order valence-corrected chi connectivity index (χ3v) is 7.11. The Labute approximate surface area is 234 Å². The molecule has 5 rings (SSSR count). The van der Waals surface area contributed by atoms with Crippen LogP contribution in [0.3, 0.4) is 0 Å². The standard InChI is InChI=1S/C30H30F4N4O3/c1-21-27(31)25(37-16-14-36(15-17-37)13-5-6-18-39)19-26-28(21)35-29(40-23-7-3-2-4-8-23)38(26)20-22-9-11-24(12-10-22)41-30(32,33)34/h2-4,7-12,18-19H,5-6,13-17,20H2,1H3. The Bertz CT molecular complexity index is 1480. The SMILES string of the molecule is Cc1c(F)c(N2CCN(CCCC=O)CC2)cc2c1nc(Oc1ccccc1)n2Cc1ccc(OC(F)(F)F)cc1. The number of alkyl halides is 3. The fraction of sp³-hybridized carbons (Fsp3) is 0.333. The minimum absolute atomic E-state index is 0.222. The number of carbonyl (C=O) groups is 1. The summed E-state index contributed by atoms with van der Waals surface area (Å²) >= 11 is 0. The molecule has 1 aliphatic rings. The predicted octanol–water partition coefficient (Wildman–Crippen LogP) is 6.32. The fourth-order valence-corrected chi connectivity index (χ4v) is 5.00. The zero-order chi connectivity index (χ0) is 29.0. The van der Waals surface area contributed by atoms with Crippen molar-refractivity contribution in [3.05, 3.63) is 77.6 Å². The van der Waals surface area contributed by atoms with Gasteiger partial charge in [-0.25, -0.2) is 4.39 Å². The number of imidazole rings is 1. The van der Waals surface area contributed by atoms with Crippen LogP contribution in [0.4, 0.5) is 23.2 Å². The molecule has 1 saturated heterocycles. The van der Waals surface area contributed by atoms with Gasteiger partial charge in [0.2, 0.25) is 0 Å². The molecule has 1 aromatic heterocycles. The molecule has 0 amide bonds. The smallest absolute Gasteiger partial charge is 0.425 e. The van der Waals surface area contributed by atoms with E-state index in [4.69, 9.17) is 4.74 Å². The molecule has 0 radical (unpaired) electrons. The van der Waals surface area contributed by atoms with Crippen LogP contribution >= 0.6 is 0 Å². The molecule has 0 bridgehead atoms. The van der Waals surface area contributed by atoms with E-state index in [9.17, 15) is 18.0 Å². The summed E-state index contributed by atoms with van der Waals surface area (Å²) in [6.45, 7) is 5.50. The summed E-state index contributed by atoms with van der Waals surface area (Å²) in [5.74, 6) is -0.124. The number of unbranched alkanes of at least 4 members (excludes halogenated alkanes) is 1. The summed E-state index contributed by atoms with van der Waals surface area (Å²) in [5, 5.41) is 0. The Morgan fingerprint density at radius 2 is 1.68 bits per heavy atom. The van der Waals surface area contributed by atoms with Crippen molar-refractivity contribution in [3.8, 4) is 17.5 Å². The van der Waals surface area contributed by atoms with Crippen molar-refractivity contribution in [1.29, 1.82) is 0 Å². The van der Waals surface area contributed by atoms with Crippen molar-refractivity contribution in [1.82, 2.24) is 14.5 Å². The first-order chi connectivity index (χ1) is 19.7. The molecule has 0 spiro atoms. The second kappa shape index (κ2) is 12.2. The van der Waals surface area contributed by atoms with Gasteiger partial charge in [0.05, 0.1) is 23.3 Å². The monoisotopic (exact) mass is 570 g/mol. The third-order valence-electron chi connectivity index (χ3n) is 7.11. The summed E-state index contributed by atoms with van der Waals surface area (Å²) in [7, 11) is 0. The number of piperazine rings is 1. The molecule has 0 saturated carbocycles. The number of anilines is 1. The van der Waals surface area contributed by atoms with E-state index in [1.165, 1.54) is 12.1 Å². The van der Waals surface area contributed by atoms with Gasteiger partial charge in [-0.2, -0.15) is 4.98 Å². The molecule has 0 N–H and O–H groups in total. The molecular weight excluding hydrogens is 540 g/mol. The van der Waals surface area contributed by atoms with Crippen molar-refractivity contribution in [2.24, 2.45) is 0 Å². The maximum Gasteiger partial charge on any atom is 0.573 e. The van der Waals surface area contributed by atoms with E-state index in [0.717, 1.165) is 32.3 Å². The predicted molar refractivity (Wildman–Crippen MR) is 147 cm³/mol. The molecule has 1 aliphatic heterocycles. The van der Waals surface area contributed by atoms with E-state index < -0.39 is 6.36 Å². The first-order valence-electron chi connectivity index (χ1n) is 13.4. The van der Waals surface area contributed by atoms with Crippen LogP contribution in [0.2, 0.25) is 0 Å². The number of carbonyl (C=O) groups excluding carboxylic acids is 1. The van der Waals surface area contributed by atoms with Gasteiger partial charge in [0.1, 0.15) is 17.8 Å². The van der Waals surface area contributed by atoms with Gasteiger partial charge in [-0.05, 0) is 55.8 Å². The second-order valence-electron chi connectivity index (χ2n) is 9.93. The Morgan fingerprint density at radius 3 is 2.34 bits per heavy atom. The molecular formula is C30H30F4N4O3. The minimum atomic E-state index is -4.78. The largest absolute Gasteiger partial charge is 0.573 e. The van der Waals surface area contributed by atoms with Gasteiger partial charge in [-0.3, -0.25) is 9.47 Å². The van der Waals surface area contributed by atoms with E-state index >= 15 is 4.39 Å². The highest BCUT2D eigenvalue weighted by Crippen LogP contribution is 2.35. The van der Waals surface area contributed by atoms with Crippen molar-refractivity contribution in [2.75, 3.05) is 37.6 Å². The molecule has 0 unspecified atom stereocenters. The summed E-state index contributed by atoms with van der Waals surface area (Å²) in [6.07, 6.45) is -2.53. The quantitative estimate of drug-likeness (QED) is 0.126. The fourth-order valence-electron chi connectivity index (χ4n) is 5.00. The van der Waals surface area contributed by atoms with Crippen LogP contribution in [0.5, 0.6) is 17.5 Å². The van der Waals surface area contributed by atoms with Crippen LogP contribution in [0.1, 0.15) is 24.0 Å². The van der Waals surface area contributed by atoms with Crippen molar-refractivity contribution < 1.29 is 31.8 Å². The molecule has 3 aromatic carbocycles. The van der Waals surface area contributed by atoms with Crippen molar-refractivity contribution in [3.63, 3.8) is 0 Å². The van der Waals surface area contributed by atoms with E-state index in [1.807, 2.05) is 23.1 Å². The van der Waals surface area contributed by atoms with Gasteiger partial charge in [-0.15, -0.1) is 13.2 Å². The van der Waals surface area contributed by atoms with Gasteiger partial charge in [0.15, 0.2) is 5.82 Å². The molecule has 216 valence electrons. The Morgan fingerprint density at radius 1 is 0.976 bits per heavy atom. The van der Waals surface area contributed by atoms with E-state index in [2.05, 4.69) is 14.6 Å². The number of halogens is 4. The highest BCUT2D eigenvalue weighted by molar-refractivity contribution is 5.85. The zero-order valence-corrected chi connectivity index (χ0v) is 22.5. The number of fused-ring (bicyclic) bond motifs is 1. The average Bonchev–Trinajstić information content (AvgIpc) is 3.28. The lowest BCUT2D eigenvalue weighted by atomic mass is 10.1. The molecule has 0 aliphatic carbocycles. The topological polar surface area (TPSA) is 59.8 Å². The van der Waals surface area contributed by atoms with E-state index in [0.29, 0.717) is 53.1 Å². The lowest BCUT2D eigenvalue weighted by Crippen LogP contribution is -2.47. The van der Waals surface area contributed by atoms with Crippen LogP contribution in [-0.2, 0) is 11.3 Å². The Balaban J connectivity index is 1.48.